The molecular weight excluding hydrogens is 348 g/mol. The molecule has 2 aromatic carbocycles. The lowest BCUT2D eigenvalue weighted by Crippen LogP contribution is -2.31. The van der Waals surface area contributed by atoms with E-state index < -0.39 is 11.8 Å². The van der Waals surface area contributed by atoms with Gasteiger partial charge in [-0.25, -0.2) is 0 Å². The van der Waals surface area contributed by atoms with E-state index in [2.05, 4.69) is 10.6 Å². The van der Waals surface area contributed by atoms with Crippen LogP contribution >= 0.6 is 0 Å². The highest BCUT2D eigenvalue weighted by atomic mass is 16.5. The number of nitrogens with one attached hydrogen (secondary N) is 2. The predicted molar refractivity (Wildman–Crippen MR) is 101 cm³/mol. The van der Waals surface area contributed by atoms with E-state index in [0.717, 1.165) is 5.75 Å². The summed E-state index contributed by atoms with van der Waals surface area (Å²) in [6, 6.07) is 13.6. The minimum absolute atomic E-state index is 0.0966. The first-order valence-electron chi connectivity index (χ1n) is 8.42. The number of anilines is 1. The lowest BCUT2D eigenvalue weighted by atomic mass is 10.1. The van der Waals surface area contributed by atoms with Crippen molar-refractivity contribution in [2.24, 2.45) is 0 Å². The first-order valence-corrected chi connectivity index (χ1v) is 8.42. The Hall–Kier alpha value is -3.35. The summed E-state index contributed by atoms with van der Waals surface area (Å²) in [6.07, 6.45) is -0.313. The Bertz CT molecular complexity index is 802. The second kappa shape index (κ2) is 9.96. The van der Waals surface area contributed by atoms with Crippen LogP contribution in [0.2, 0.25) is 0 Å². The molecule has 0 spiro atoms. The summed E-state index contributed by atoms with van der Waals surface area (Å²) in [4.78, 5) is 35.1. The number of carbonyl (C=O) groups excluding carboxylic acids is 3. The number of rotatable bonds is 9. The normalized spacial score (nSPS) is 10.0. The quantitative estimate of drug-likeness (QED) is 0.402. The van der Waals surface area contributed by atoms with Crippen LogP contribution in [0.25, 0.3) is 0 Å². The molecule has 0 unspecified atom stereocenters. The van der Waals surface area contributed by atoms with Crippen LogP contribution in [0.4, 0.5) is 5.69 Å². The number of hydrogen-bond donors (Lipinski definition) is 2. The average molecular weight is 370 g/mol. The monoisotopic (exact) mass is 370 g/mol. The van der Waals surface area contributed by atoms with Crippen LogP contribution < -0.4 is 20.1 Å². The fourth-order valence-electron chi connectivity index (χ4n) is 2.26. The number of Topliss-reactive ketones (excluding diaryl/α,β-unsaturated/α-hetero) is 1. The third kappa shape index (κ3) is 6.81. The Morgan fingerprint density at radius 3 is 2.33 bits per heavy atom. The topological polar surface area (TPSA) is 93.7 Å². The maximum absolute atomic E-state index is 11.9. The Morgan fingerprint density at radius 2 is 1.67 bits per heavy atom. The second-order valence-electron chi connectivity index (χ2n) is 5.74. The zero-order valence-electron chi connectivity index (χ0n) is 15.3. The first-order chi connectivity index (χ1) is 13.0. The fourth-order valence-corrected chi connectivity index (χ4v) is 2.26. The van der Waals surface area contributed by atoms with Crippen molar-refractivity contribution in [2.75, 3.05) is 25.6 Å². The molecule has 0 bridgehead atoms. The van der Waals surface area contributed by atoms with Gasteiger partial charge in [0.2, 0.25) is 11.8 Å². The molecule has 2 rings (SSSR count). The number of ketones is 1. The van der Waals surface area contributed by atoms with E-state index in [1.165, 1.54) is 6.92 Å². The number of carbonyl (C=O) groups is 3. The van der Waals surface area contributed by atoms with Crippen LogP contribution in [-0.2, 0) is 9.59 Å². The molecule has 142 valence electrons. The molecule has 0 saturated heterocycles. The zero-order valence-corrected chi connectivity index (χ0v) is 15.3. The van der Waals surface area contributed by atoms with Crippen molar-refractivity contribution in [1.82, 2.24) is 5.32 Å². The van der Waals surface area contributed by atoms with Crippen molar-refractivity contribution in [3.63, 3.8) is 0 Å². The van der Waals surface area contributed by atoms with E-state index in [9.17, 15) is 14.4 Å². The highest BCUT2D eigenvalue weighted by Crippen LogP contribution is 2.16. The molecule has 0 radical (unpaired) electrons. The van der Waals surface area contributed by atoms with Crippen LogP contribution in [0.3, 0.4) is 0 Å². The van der Waals surface area contributed by atoms with Crippen LogP contribution in [0, 0.1) is 0 Å². The standard InChI is InChI=1S/C20H22N2O5/c1-14(23)15-4-3-5-16(12-15)22-20(25)13-19(24)21-10-11-27-18-8-6-17(26-2)7-9-18/h3-9,12H,10-11,13H2,1-2H3,(H,21,24)(H,22,25). The molecule has 7 nitrogen and oxygen atoms in total. The lowest BCUT2D eigenvalue weighted by Gasteiger charge is -2.09. The number of methoxy groups -OCH3 is 1. The van der Waals surface area contributed by atoms with Gasteiger partial charge in [-0.2, -0.15) is 0 Å². The van der Waals surface area contributed by atoms with Gasteiger partial charge < -0.3 is 20.1 Å². The largest absolute Gasteiger partial charge is 0.497 e. The van der Waals surface area contributed by atoms with Gasteiger partial charge in [0.1, 0.15) is 24.5 Å². The summed E-state index contributed by atoms with van der Waals surface area (Å²) in [5.41, 5.74) is 0.969. The average Bonchev–Trinajstić information content (AvgIpc) is 2.65. The Morgan fingerprint density at radius 1 is 0.963 bits per heavy atom. The minimum atomic E-state index is -0.454. The van der Waals surface area contributed by atoms with Crippen molar-refractivity contribution >= 4 is 23.3 Å². The maximum atomic E-state index is 11.9. The van der Waals surface area contributed by atoms with Crippen LogP contribution in [0.15, 0.2) is 48.5 Å². The molecule has 0 aliphatic heterocycles. The number of ether oxygens (including phenoxy) is 2. The Kier molecular flexibility index (Phi) is 7.37. The summed E-state index contributed by atoms with van der Waals surface area (Å²) in [5.74, 6) is 0.433. The van der Waals surface area contributed by atoms with Gasteiger partial charge in [-0.3, -0.25) is 14.4 Å². The Labute approximate surface area is 157 Å². The molecule has 7 heteroatoms. The van der Waals surface area contributed by atoms with Gasteiger partial charge in [0, 0.05) is 11.3 Å². The van der Waals surface area contributed by atoms with Gasteiger partial charge in [0.15, 0.2) is 5.78 Å². The molecule has 27 heavy (non-hydrogen) atoms. The third-order valence-corrected chi connectivity index (χ3v) is 3.63. The van der Waals surface area contributed by atoms with Gasteiger partial charge in [0.05, 0.1) is 13.7 Å². The molecular formula is C20H22N2O5. The van der Waals surface area contributed by atoms with E-state index >= 15 is 0 Å². The van der Waals surface area contributed by atoms with Gasteiger partial charge in [-0.05, 0) is 43.3 Å². The Balaban J connectivity index is 1.69. The van der Waals surface area contributed by atoms with Gasteiger partial charge in [-0.1, -0.05) is 12.1 Å². The molecule has 0 aliphatic carbocycles. The highest BCUT2D eigenvalue weighted by molar-refractivity contribution is 6.04. The second-order valence-corrected chi connectivity index (χ2v) is 5.74. The fraction of sp³-hybridized carbons (Fsp3) is 0.250. The van der Waals surface area contributed by atoms with Crippen molar-refractivity contribution in [3.05, 3.63) is 54.1 Å². The minimum Gasteiger partial charge on any atom is -0.497 e. The number of benzene rings is 2. The highest BCUT2D eigenvalue weighted by Gasteiger charge is 2.10. The lowest BCUT2D eigenvalue weighted by molar-refractivity contribution is -0.126. The summed E-state index contributed by atoms with van der Waals surface area (Å²) in [6.45, 7) is 2.00. The molecule has 0 aromatic heterocycles. The molecule has 0 fully saturated rings. The molecule has 2 N–H and O–H groups in total. The van der Waals surface area contributed by atoms with E-state index in [4.69, 9.17) is 9.47 Å². The van der Waals surface area contributed by atoms with Crippen LogP contribution in [0.1, 0.15) is 23.7 Å². The van der Waals surface area contributed by atoms with Crippen molar-refractivity contribution < 1.29 is 23.9 Å². The number of hydrogen-bond acceptors (Lipinski definition) is 5. The molecule has 0 heterocycles. The van der Waals surface area contributed by atoms with Crippen molar-refractivity contribution in [2.45, 2.75) is 13.3 Å². The van der Waals surface area contributed by atoms with Crippen molar-refractivity contribution in [3.8, 4) is 11.5 Å². The van der Waals surface area contributed by atoms with Gasteiger partial charge in [0.25, 0.3) is 0 Å². The molecule has 2 amide bonds. The summed E-state index contributed by atoms with van der Waals surface area (Å²) in [7, 11) is 1.58. The van der Waals surface area contributed by atoms with E-state index in [1.54, 1.807) is 55.6 Å². The summed E-state index contributed by atoms with van der Waals surface area (Å²) >= 11 is 0. The first kappa shape index (κ1) is 20.0. The molecule has 0 saturated carbocycles. The third-order valence-electron chi connectivity index (χ3n) is 3.63. The van der Waals surface area contributed by atoms with E-state index in [0.29, 0.717) is 17.0 Å². The summed E-state index contributed by atoms with van der Waals surface area (Å²) in [5, 5.41) is 5.22. The number of amides is 2. The molecule has 0 aliphatic rings. The smallest absolute Gasteiger partial charge is 0.233 e. The predicted octanol–water partition coefficient (Wildman–Crippen LogP) is 2.42. The van der Waals surface area contributed by atoms with E-state index in [-0.39, 0.29) is 25.4 Å². The van der Waals surface area contributed by atoms with Crippen molar-refractivity contribution in [1.29, 1.82) is 0 Å². The van der Waals surface area contributed by atoms with E-state index in [1.807, 2.05) is 0 Å². The van der Waals surface area contributed by atoms with Gasteiger partial charge in [-0.15, -0.1) is 0 Å². The zero-order chi connectivity index (χ0) is 19.6. The summed E-state index contributed by atoms with van der Waals surface area (Å²) < 4.78 is 10.5. The molecule has 2 aromatic rings. The SMILES string of the molecule is COc1ccc(OCCNC(=O)CC(=O)Nc2cccc(C(C)=O)c2)cc1. The van der Waals surface area contributed by atoms with Gasteiger partial charge >= 0.3 is 0 Å². The van der Waals surface area contributed by atoms with Crippen LogP contribution in [0.5, 0.6) is 11.5 Å². The van der Waals surface area contributed by atoms with Crippen LogP contribution in [-0.4, -0.2) is 37.9 Å². The maximum Gasteiger partial charge on any atom is 0.233 e. The molecule has 0 atom stereocenters.